The third kappa shape index (κ3) is 1.06. The first-order valence-electron chi connectivity index (χ1n) is 4.23. The van der Waals surface area contributed by atoms with Gasteiger partial charge in [-0.25, -0.2) is 0 Å². The maximum atomic E-state index is 11.1. The third-order valence-corrected chi connectivity index (χ3v) is 2.70. The molecule has 2 atom stereocenters. The minimum atomic E-state index is 0.222. The van der Waals surface area contributed by atoms with Crippen LogP contribution in [-0.2, 0) is 4.79 Å². The minimum absolute atomic E-state index is 0.222. The second kappa shape index (κ2) is 2.36. The van der Waals surface area contributed by atoms with E-state index in [1.165, 1.54) is 6.42 Å². The lowest BCUT2D eigenvalue weighted by Gasteiger charge is -2.32. The lowest BCUT2D eigenvalue weighted by atomic mass is 9.98. The zero-order chi connectivity index (χ0) is 7.84. The second-order valence-electron chi connectivity index (χ2n) is 3.45. The quantitative estimate of drug-likeness (QED) is 0.476. The molecule has 2 aliphatic rings. The van der Waals surface area contributed by atoms with Crippen LogP contribution in [0.15, 0.2) is 12.2 Å². The van der Waals surface area contributed by atoms with Crippen LogP contribution in [0, 0.1) is 5.92 Å². The number of rotatable bonds is 0. The summed E-state index contributed by atoms with van der Waals surface area (Å²) >= 11 is 0. The van der Waals surface area contributed by atoms with E-state index in [0.29, 0.717) is 6.04 Å². The molecule has 2 bridgehead atoms. The van der Waals surface area contributed by atoms with E-state index in [1.807, 2.05) is 4.90 Å². The van der Waals surface area contributed by atoms with Gasteiger partial charge in [0, 0.05) is 13.5 Å². The number of piperidine rings is 1. The molecule has 1 amide bonds. The molecule has 2 heteroatoms. The zero-order valence-electron chi connectivity index (χ0n) is 6.79. The van der Waals surface area contributed by atoms with E-state index in [2.05, 4.69) is 12.2 Å². The fourth-order valence-corrected chi connectivity index (χ4v) is 2.06. The van der Waals surface area contributed by atoms with Crippen LogP contribution in [0.2, 0.25) is 0 Å². The van der Waals surface area contributed by atoms with Crippen molar-refractivity contribution in [2.24, 2.45) is 5.92 Å². The molecule has 0 aromatic heterocycles. The Bertz CT molecular complexity index is 210. The maximum Gasteiger partial charge on any atom is 0.219 e. The Morgan fingerprint density at radius 3 is 3.09 bits per heavy atom. The van der Waals surface area contributed by atoms with Crippen molar-refractivity contribution in [1.82, 2.24) is 4.90 Å². The van der Waals surface area contributed by atoms with Gasteiger partial charge in [0.05, 0.1) is 6.04 Å². The molecule has 2 unspecified atom stereocenters. The molecular formula is C9H13NO. The summed E-state index contributed by atoms with van der Waals surface area (Å²) in [5, 5.41) is 0. The van der Waals surface area contributed by atoms with E-state index >= 15 is 0 Å². The number of carbonyl (C=O) groups is 1. The summed E-state index contributed by atoms with van der Waals surface area (Å²) < 4.78 is 0. The first-order chi connectivity index (χ1) is 5.27. The number of likely N-dealkylation sites (tertiary alicyclic amines) is 1. The maximum absolute atomic E-state index is 11.1. The molecule has 60 valence electrons. The first-order valence-corrected chi connectivity index (χ1v) is 4.23. The van der Waals surface area contributed by atoms with Crippen molar-refractivity contribution in [2.75, 3.05) is 6.54 Å². The summed E-state index contributed by atoms with van der Waals surface area (Å²) in [7, 11) is 0. The van der Waals surface area contributed by atoms with Crippen molar-refractivity contribution in [1.29, 1.82) is 0 Å². The number of allylic oxidation sites excluding steroid dienone is 1. The standard InChI is InChI=1S/C9H13NO/c1-7(11)10-5-4-8-2-3-9(10)6-8/h2-3,8-9H,4-6H2,1H3. The van der Waals surface area contributed by atoms with Crippen LogP contribution in [0.25, 0.3) is 0 Å². The van der Waals surface area contributed by atoms with Gasteiger partial charge in [-0.05, 0) is 18.8 Å². The molecule has 0 aromatic carbocycles. The smallest absolute Gasteiger partial charge is 0.219 e. The number of hydrogen-bond acceptors (Lipinski definition) is 1. The summed E-state index contributed by atoms with van der Waals surface area (Å²) in [6.07, 6.45) is 6.76. The van der Waals surface area contributed by atoms with Crippen molar-refractivity contribution in [3.8, 4) is 0 Å². The molecule has 0 saturated carbocycles. The van der Waals surface area contributed by atoms with Gasteiger partial charge in [0.15, 0.2) is 0 Å². The lowest BCUT2D eigenvalue weighted by Crippen LogP contribution is -2.41. The van der Waals surface area contributed by atoms with Gasteiger partial charge in [-0.15, -0.1) is 0 Å². The van der Waals surface area contributed by atoms with Gasteiger partial charge in [-0.3, -0.25) is 4.79 Å². The molecule has 1 heterocycles. The van der Waals surface area contributed by atoms with E-state index in [0.717, 1.165) is 18.9 Å². The van der Waals surface area contributed by atoms with Crippen LogP contribution in [-0.4, -0.2) is 23.4 Å². The molecule has 11 heavy (non-hydrogen) atoms. The Balaban J connectivity index is 2.13. The fourth-order valence-electron chi connectivity index (χ4n) is 2.06. The predicted octanol–water partition coefficient (Wildman–Crippen LogP) is 1.18. The molecule has 1 fully saturated rings. The molecule has 0 radical (unpaired) electrons. The van der Waals surface area contributed by atoms with Crippen molar-refractivity contribution >= 4 is 5.91 Å². The van der Waals surface area contributed by atoms with Crippen molar-refractivity contribution < 1.29 is 4.79 Å². The molecule has 2 rings (SSSR count). The Morgan fingerprint density at radius 2 is 2.36 bits per heavy atom. The topological polar surface area (TPSA) is 20.3 Å². The SMILES string of the molecule is CC(=O)N1CCC2C=CC1C2. The molecule has 1 saturated heterocycles. The summed E-state index contributed by atoms with van der Waals surface area (Å²) in [6.45, 7) is 2.62. The Kier molecular flexibility index (Phi) is 1.48. The molecule has 0 N–H and O–H groups in total. The highest BCUT2D eigenvalue weighted by Crippen LogP contribution is 2.30. The van der Waals surface area contributed by atoms with E-state index in [-0.39, 0.29) is 5.91 Å². The number of hydrogen-bond donors (Lipinski definition) is 0. The number of carbonyl (C=O) groups excluding carboxylic acids is 1. The Morgan fingerprint density at radius 1 is 1.55 bits per heavy atom. The Labute approximate surface area is 66.9 Å². The van der Waals surface area contributed by atoms with Gasteiger partial charge < -0.3 is 4.90 Å². The number of fused-ring (bicyclic) bond motifs is 2. The summed E-state index contributed by atoms with van der Waals surface area (Å²) in [5.41, 5.74) is 0. The van der Waals surface area contributed by atoms with Crippen LogP contribution >= 0.6 is 0 Å². The predicted molar refractivity (Wildman–Crippen MR) is 43.0 cm³/mol. The number of amides is 1. The molecule has 1 aliphatic carbocycles. The molecule has 2 nitrogen and oxygen atoms in total. The monoisotopic (exact) mass is 151 g/mol. The summed E-state index contributed by atoms with van der Waals surface area (Å²) in [6, 6.07) is 0.422. The molecular weight excluding hydrogens is 138 g/mol. The summed E-state index contributed by atoms with van der Waals surface area (Å²) in [4.78, 5) is 13.1. The van der Waals surface area contributed by atoms with E-state index in [1.54, 1.807) is 6.92 Å². The fraction of sp³-hybridized carbons (Fsp3) is 0.667. The van der Waals surface area contributed by atoms with Crippen LogP contribution in [0.5, 0.6) is 0 Å². The van der Waals surface area contributed by atoms with Gasteiger partial charge in [-0.1, -0.05) is 12.2 Å². The molecule has 1 aliphatic heterocycles. The highest BCUT2D eigenvalue weighted by atomic mass is 16.2. The van der Waals surface area contributed by atoms with Crippen LogP contribution < -0.4 is 0 Å². The summed E-state index contributed by atoms with van der Waals surface area (Å²) in [5.74, 6) is 0.982. The van der Waals surface area contributed by atoms with E-state index < -0.39 is 0 Å². The van der Waals surface area contributed by atoms with Gasteiger partial charge in [0.1, 0.15) is 0 Å². The average Bonchev–Trinajstić information content (AvgIpc) is 2.32. The van der Waals surface area contributed by atoms with E-state index in [4.69, 9.17) is 0 Å². The molecule has 0 spiro atoms. The van der Waals surface area contributed by atoms with Gasteiger partial charge in [-0.2, -0.15) is 0 Å². The zero-order valence-corrected chi connectivity index (χ0v) is 6.79. The van der Waals surface area contributed by atoms with Crippen LogP contribution in [0.1, 0.15) is 19.8 Å². The highest BCUT2D eigenvalue weighted by molar-refractivity contribution is 5.74. The van der Waals surface area contributed by atoms with Crippen LogP contribution in [0.4, 0.5) is 0 Å². The van der Waals surface area contributed by atoms with Gasteiger partial charge >= 0.3 is 0 Å². The normalized spacial score (nSPS) is 34.5. The Hall–Kier alpha value is -0.790. The largest absolute Gasteiger partial charge is 0.336 e. The average molecular weight is 151 g/mol. The lowest BCUT2D eigenvalue weighted by molar-refractivity contribution is -0.131. The van der Waals surface area contributed by atoms with Crippen molar-refractivity contribution in [3.63, 3.8) is 0 Å². The highest BCUT2D eigenvalue weighted by Gasteiger charge is 2.30. The minimum Gasteiger partial charge on any atom is -0.336 e. The van der Waals surface area contributed by atoms with Crippen molar-refractivity contribution in [2.45, 2.75) is 25.8 Å². The van der Waals surface area contributed by atoms with Crippen LogP contribution in [0.3, 0.4) is 0 Å². The van der Waals surface area contributed by atoms with Gasteiger partial charge in [0.2, 0.25) is 5.91 Å². The van der Waals surface area contributed by atoms with Gasteiger partial charge in [0.25, 0.3) is 0 Å². The second-order valence-corrected chi connectivity index (χ2v) is 3.45. The molecule has 0 aromatic rings. The number of nitrogens with zero attached hydrogens (tertiary/aromatic N) is 1. The van der Waals surface area contributed by atoms with Crippen molar-refractivity contribution in [3.05, 3.63) is 12.2 Å². The third-order valence-electron chi connectivity index (χ3n) is 2.70. The van der Waals surface area contributed by atoms with E-state index in [9.17, 15) is 4.79 Å². The first kappa shape index (κ1) is 6.89.